The van der Waals surface area contributed by atoms with Crippen LogP contribution in [0.3, 0.4) is 0 Å². The quantitative estimate of drug-likeness (QED) is 0.865. The molecule has 0 saturated heterocycles. The zero-order valence-electron chi connectivity index (χ0n) is 11.0. The summed E-state index contributed by atoms with van der Waals surface area (Å²) in [5.41, 5.74) is 0.0916. The molecule has 1 aromatic heterocycles. The van der Waals surface area contributed by atoms with Crippen LogP contribution in [0.4, 0.5) is 19.1 Å². The summed E-state index contributed by atoms with van der Waals surface area (Å²) < 4.78 is 38.2. The van der Waals surface area contributed by atoms with Crippen LogP contribution in [-0.2, 0) is 16.4 Å². The van der Waals surface area contributed by atoms with E-state index in [4.69, 9.17) is 0 Å². The number of aromatic amines is 1. The van der Waals surface area contributed by atoms with Gasteiger partial charge in [-0.25, -0.2) is 0 Å². The Kier molecular flexibility index (Phi) is 3.47. The minimum Gasteiger partial charge on any atom is -0.292 e. The number of nitrogens with one attached hydrogen (secondary N) is 2. The molecule has 2 aromatic rings. The van der Waals surface area contributed by atoms with E-state index in [-0.39, 0.29) is 5.95 Å². The van der Waals surface area contributed by atoms with E-state index in [2.05, 4.69) is 31.3 Å². The number of anilines is 1. The fourth-order valence-electron chi connectivity index (χ4n) is 2.22. The van der Waals surface area contributed by atoms with Gasteiger partial charge in [0, 0.05) is 4.47 Å². The van der Waals surface area contributed by atoms with Gasteiger partial charge in [-0.3, -0.25) is 15.2 Å². The standard InChI is InChI=1S/C13H10BrF3N4O/c14-8-3-1-2-7(6-8)12(4-5-12)10(22)19-11-18-9(20-21-11)13(15,16)17/h1-3,6H,4-5H2,(H2,18,19,20,21,22). The first-order valence-electron chi connectivity index (χ1n) is 6.38. The van der Waals surface area contributed by atoms with Crippen molar-refractivity contribution in [1.82, 2.24) is 15.2 Å². The summed E-state index contributed by atoms with van der Waals surface area (Å²) in [6.45, 7) is 0. The van der Waals surface area contributed by atoms with E-state index in [0.29, 0.717) is 12.8 Å². The number of benzene rings is 1. The molecule has 2 N–H and O–H groups in total. The highest BCUT2D eigenvalue weighted by molar-refractivity contribution is 9.10. The minimum absolute atomic E-state index is 0.376. The van der Waals surface area contributed by atoms with Crippen LogP contribution in [0.25, 0.3) is 0 Å². The number of hydrogen-bond acceptors (Lipinski definition) is 3. The van der Waals surface area contributed by atoms with E-state index in [0.717, 1.165) is 10.0 Å². The zero-order chi connectivity index (χ0) is 16.0. The van der Waals surface area contributed by atoms with Crippen molar-refractivity contribution in [3.63, 3.8) is 0 Å². The summed E-state index contributed by atoms with van der Waals surface area (Å²) in [4.78, 5) is 15.6. The molecule has 5 nitrogen and oxygen atoms in total. The minimum atomic E-state index is -4.63. The maximum Gasteiger partial charge on any atom is 0.451 e. The molecule has 3 rings (SSSR count). The molecule has 1 aromatic carbocycles. The first kappa shape index (κ1) is 15.0. The summed E-state index contributed by atoms with van der Waals surface area (Å²) in [5, 5.41) is 7.49. The van der Waals surface area contributed by atoms with Gasteiger partial charge in [0.05, 0.1) is 5.41 Å². The molecule has 1 heterocycles. The van der Waals surface area contributed by atoms with Crippen LogP contribution in [-0.4, -0.2) is 21.1 Å². The van der Waals surface area contributed by atoms with Crippen molar-refractivity contribution < 1.29 is 18.0 Å². The third kappa shape index (κ3) is 2.72. The third-order valence-electron chi connectivity index (χ3n) is 3.54. The highest BCUT2D eigenvalue weighted by Gasteiger charge is 2.51. The van der Waals surface area contributed by atoms with Crippen LogP contribution in [0, 0.1) is 0 Å². The second-order valence-electron chi connectivity index (χ2n) is 5.05. The van der Waals surface area contributed by atoms with Crippen LogP contribution >= 0.6 is 15.9 Å². The normalized spacial score (nSPS) is 16.4. The Morgan fingerprint density at radius 3 is 2.64 bits per heavy atom. The largest absolute Gasteiger partial charge is 0.451 e. The number of nitrogens with zero attached hydrogens (tertiary/aromatic N) is 2. The van der Waals surface area contributed by atoms with Crippen LogP contribution in [0.15, 0.2) is 28.7 Å². The Hall–Kier alpha value is -1.90. The highest BCUT2D eigenvalue weighted by Crippen LogP contribution is 2.49. The zero-order valence-corrected chi connectivity index (χ0v) is 12.6. The van der Waals surface area contributed by atoms with Gasteiger partial charge in [-0.15, -0.1) is 5.10 Å². The molecule has 0 atom stereocenters. The molecule has 9 heteroatoms. The summed E-state index contributed by atoms with van der Waals surface area (Å²) in [7, 11) is 0. The van der Waals surface area contributed by atoms with E-state index in [1.165, 1.54) is 0 Å². The van der Waals surface area contributed by atoms with Crippen LogP contribution < -0.4 is 5.32 Å². The summed E-state index contributed by atoms with van der Waals surface area (Å²) >= 11 is 3.34. The average Bonchev–Trinajstić information content (AvgIpc) is 3.12. The molecular weight excluding hydrogens is 365 g/mol. The van der Waals surface area contributed by atoms with Gasteiger partial charge < -0.3 is 0 Å². The number of carbonyl (C=O) groups excluding carboxylic acids is 1. The van der Waals surface area contributed by atoms with E-state index in [1.54, 1.807) is 11.2 Å². The maximum absolute atomic E-state index is 12.4. The number of H-pyrrole nitrogens is 1. The molecule has 1 saturated carbocycles. The maximum atomic E-state index is 12.4. The lowest BCUT2D eigenvalue weighted by atomic mass is 9.95. The lowest BCUT2D eigenvalue weighted by molar-refractivity contribution is -0.144. The molecular formula is C13H10BrF3N4O. The van der Waals surface area contributed by atoms with Crippen molar-refractivity contribution in [2.45, 2.75) is 24.4 Å². The number of hydrogen-bond donors (Lipinski definition) is 2. The number of rotatable bonds is 3. The lowest BCUT2D eigenvalue weighted by Crippen LogP contribution is -2.28. The van der Waals surface area contributed by atoms with Crippen molar-refractivity contribution in [2.75, 3.05) is 5.32 Å². The molecule has 0 radical (unpaired) electrons. The third-order valence-corrected chi connectivity index (χ3v) is 4.03. The van der Waals surface area contributed by atoms with E-state index >= 15 is 0 Å². The Labute approximate surface area is 131 Å². The molecule has 1 aliphatic carbocycles. The van der Waals surface area contributed by atoms with Crippen molar-refractivity contribution in [1.29, 1.82) is 0 Å². The predicted molar refractivity (Wildman–Crippen MR) is 75.1 cm³/mol. The molecule has 0 spiro atoms. The highest BCUT2D eigenvalue weighted by atomic mass is 79.9. The van der Waals surface area contributed by atoms with Gasteiger partial charge in [-0.1, -0.05) is 28.1 Å². The summed E-state index contributed by atoms with van der Waals surface area (Å²) in [5.74, 6) is -2.02. The second kappa shape index (κ2) is 5.08. The van der Waals surface area contributed by atoms with Crippen molar-refractivity contribution in [2.24, 2.45) is 0 Å². The van der Waals surface area contributed by atoms with Gasteiger partial charge in [0.25, 0.3) is 0 Å². The van der Waals surface area contributed by atoms with Crippen molar-refractivity contribution in [3.8, 4) is 0 Å². The van der Waals surface area contributed by atoms with Gasteiger partial charge in [0.1, 0.15) is 0 Å². The average molecular weight is 375 g/mol. The van der Waals surface area contributed by atoms with Gasteiger partial charge in [-0.05, 0) is 30.5 Å². The number of halogens is 4. The Morgan fingerprint density at radius 2 is 2.09 bits per heavy atom. The molecule has 0 unspecified atom stereocenters. The smallest absolute Gasteiger partial charge is 0.292 e. The van der Waals surface area contributed by atoms with Gasteiger partial charge in [-0.2, -0.15) is 18.2 Å². The number of alkyl halides is 3. The lowest BCUT2D eigenvalue weighted by Gasteiger charge is -2.14. The van der Waals surface area contributed by atoms with E-state index in [9.17, 15) is 18.0 Å². The monoisotopic (exact) mass is 374 g/mol. The molecule has 0 aliphatic heterocycles. The van der Waals surface area contributed by atoms with Crippen LogP contribution in [0.1, 0.15) is 24.2 Å². The second-order valence-corrected chi connectivity index (χ2v) is 5.97. The van der Waals surface area contributed by atoms with Gasteiger partial charge in [0.15, 0.2) is 0 Å². The van der Waals surface area contributed by atoms with Crippen molar-refractivity contribution >= 4 is 27.8 Å². The topological polar surface area (TPSA) is 70.7 Å². The molecule has 22 heavy (non-hydrogen) atoms. The van der Waals surface area contributed by atoms with E-state index in [1.807, 2.05) is 18.2 Å². The van der Waals surface area contributed by atoms with Gasteiger partial charge >= 0.3 is 6.18 Å². The number of amides is 1. The first-order chi connectivity index (χ1) is 10.3. The molecule has 116 valence electrons. The fraction of sp³-hybridized carbons (Fsp3) is 0.308. The summed E-state index contributed by atoms with van der Waals surface area (Å²) in [6.07, 6.45) is -3.37. The Balaban J connectivity index is 1.79. The molecule has 0 bridgehead atoms. The molecule has 1 fully saturated rings. The predicted octanol–water partition coefficient (Wildman–Crippen LogP) is 3.26. The number of carbonyl (C=O) groups is 1. The molecule has 1 aliphatic rings. The SMILES string of the molecule is O=C(Nc1n[nH]c(C(F)(F)F)n1)C1(c2cccc(Br)c2)CC1. The number of aromatic nitrogens is 3. The van der Waals surface area contributed by atoms with Crippen molar-refractivity contribution in [3.05, 3.63) is 40.1 Å². The van der Waals surface area contributed by atoms with Gasteiger partial charge in [0.2, 0.25) is 17.7 Å². The molecule has 1 amide bonds. The Bertz CT molecular complexity index is 724. The summed E-state index contributed by atoms with van der Waals surface area (Å²) in [6, 6.07) is 7.28. The van der Waals surface area contributed by atoms with Crippen LogP contribution in [0.2, 0.25) is 0 Å². The fourth-order valence-corrected chi connectivity index (χ4v) is 2.62. The first-order valence-corrected chi connectivity index (χ1v) is 7.18. The van der Waals surface area contributed by atoms with E-state index < -0.39 is 23.3 Å². The van der Waals surface area contributed by atoms with Crippen LogP contribution in [0.5, 0.6) is 0 Å². The Morgan fingerprint density at radius 1 is 1.36 bits per heavy atom.